The Morgan fingerprint density at radius 1 is 1.45 bits per heavy atom. The summed E-state index contributed by atoms with van der Waals surface area (Å²) in [5.74, 6) is -0.515. The molecular formula is C4H9O6P. The first-order valence-corrected chi connectivity index (χ1v) is 4.28. The van der Waals surface area contributed by atoms with Crippen LogP contribution < -0.4 is 0 Å². The number of hydrogen-bond acceptors (Lipinski definition) is 4. The van der Waals surface area contributed by atoms with Crippen LogP contribution in [0.5, 0.6) is 0 Å². The summed E-state index contributed by atoms with van der Waals surface area (Å²) in [6.45, 7) is 0.738. The van der Waals surface area contributed by atoms with Crippen molar-refractivity contribution in [2.45, 2.75) is 6.92 Å². The van der Waals surface area contributed by atoms with E-state index in [2.05, 4.69) is 9.26 Å². The lowest BCUT2D eigenvalue weighted by molar-refractivity contribution is -0.141. The zero-order chi connectivity index (χ0) is 8.91. The molecule has 0 bridgehead atoms. The van der Waals surface area contributed by atoms with Crippen LogP contribution >= 0.6 is 7.82 Å². The van der Waals surface area contributed by atoms with E-state index in [0.29, 0.717) is 0 Å². The van der Waals surface area contributed by atoms with Crippen LogP contribution in [0.1, 0.15) is 6.92 Å². The van der Waals surface area contributed by atoms with Gasteiger partial charge in [0.15, 0.2) is 0 Å². The molecule has 6 nitrogen and oxygen atoms in total. The molecule has 0 aromatic heterocycles. The first-order chi connectivity index (χ1) is 4.92. The standard InChI is InChI=1S/C4H9O6P/c1-4(5)9-2-3-10-11(6,7)8/h2-3H2,1H3,(H2,6,7,8). The van der Waals surface area contributed by atoms with Crippen LogP contribution in [0, 0.1) is 0 Å². The van der Waals surface area contributed by atoms with Gasteiger partial charge in [0.05, 0.1) is 6.61 Å². The number of carbonyl (C=O) groups excluding carboxylic acids is 1. The molecule has 0 fully saturated rings. The Labute approximate surface area is 63.4 Å². The maximum Gasteiger partial charge on any atom is 0.469 e. The molecule has 11 heavy (non-hydrogen) atoms. The summed E-state index contributed by atoms with van der Waals surface area (Å²) in [5, 5.41) is 0. The van der Waals surface area contributed by atoms with Gasteiger partial charge in [-0.1, -0.05) is 0 Å². The molecular weight excluding hydrogens is 175 g/mol. The largest absolute Gasteiger partial charge is 0.469 e. The average Bonchev–Trinajstić information content (AvgIpc) is 1.78. The second-order valence-corrected chi connectivity index (χ2v) is 2.90. The quantitative estimate of drug-likeness (QED) is 0.352. The average molecular weight is 184 g/mol. The highest BCUT2D eigenvalue weighted by Crippen LogP contribution is 2.35. The summed E-state index contributed by atoms with van der Waals surface area (Å²) < 4.78 is 18.3. The van der Waals surface area contributed by atoms with Gasteiger partial charge in [-0.05, 0) is 0 Å². The SMILES string of the molecule is CC(=O)OCCOP(=O)(O)O. The fourth-order valence-corrected chi connectivity index (χ4v) is 0.654. The fraction of sp³-hybridized carbons (Fsp3) is 0.750. The molecule has 0 aromatic carbocycles. The van der Waals surface area contributed by atoms with Crippen LogP contribution in [0.4, 0.5) is 0 Å². The Balaban J connectivity index is 3.29. The Morgan fingerprint density at radius 3 is 2.36 bits per heavy atom. The third-order valence-electron chi connectivity index (χ3n) is 0.648. The van der Waals surface area contributed by atoms with E-state index in [1.165, 1.54) is 6.92 Å². The summed E-state index contributed by atoms with van der Waals surface area (Å²) in [7, 11) is -4.42. The van der Waals surface area contributed by atoms with Crippen molar-refractivity contribution in [1.82, 2.24) is 0 Å². The molecule has 0 aliphatic carbocycles. The molecule has 0 heterocycles. The zero-order valence-electron chi connectivity index (χ0n) is 5.89. The Bertz CT molecular complexity index is 171. The van der Waals surface area contributed by atoms with E-state index < -0.39 is 13.8 Å². The smallest absolute Gasteiger partial charge is 0.463 e. The van der Waals surface area contributed by atoms with E-state index in [-0.39, 0.29) is 13.2 Å². The van der Waals surface area contributed by atoms with Crippen molar-refractivity contribution in [2.24, 2.45) is 0 Å². The van der Waals surface area contributed by atoms with E-state index in [1.807, 2.05) is 0 Å². The highest BCUT2D eigenvalue weighted by atomic mass is 31.2. The predicted octanol–water partition coefficient (Wildman–Crippen LogP) is -0.341. The van der Waals surface area contributed by atoms with Gasteiger partial charge in [-0.3, -0.25) is 9.32 Å². The molecule has 0 saturated carbocycles. The molecule has 2 N–H and O–H groups in total. The van der Waals surface area contributed by atoms with Gasteiger partial charge in [-0.25, -0.2) is 4.57 Å². The predicted molar refractivity (Wildman–Crippen MR) is 34.6 cm³/mol. The molecule has 0 radical (unpaired) electrons. The number of hydrogen-bond donors (Lipinski definition) is 2. The number of ether oxygens (including phenoxy) is 1. The van der Waals surface area contributed by atoms with Gasteiger partial charge in [0.2, 0.25) is 0 Å². The van der Waals surface area contributed by atoms with Crippen molar-refractivity contribution >= 4 is 13.8 Å². The number of esters is 1. The normalized spacial score (nSPS) is 11.2. The second kappa shape index (κ2) is 4.46. The van der Waals surface area contributed by atoms with Gasteiger partial charge >= 0.3 is 13.8 Å². The topological polar surface area (TPSA) is 93.1 Å². The highest BCUT2D eigenvalue weighted by Gasteiger charge is 2.12. The lowest BCUT2D eigenvalue weighted by Crippen LogP contribution is -2.06. The van der Waals surface area contributed by atoms with Gasteiger partial charge in [-0.2, -0.15) is 0 Å². The van der Waals surface area contributed by atoms with E-state index >= 15 is 0 Å². The molecule has 7 heteroatoms. The fourth-order valence-electron chi connectivity index (χ4n) is 0.342. The first kappa shape index (κ1) is 10.6. The zero-order valence-corrected chi connectivity index (χ0v) is 6.78. The van der Waals surface area contributed by atoms with Crippen molar-refractivity contribution in [3.05, 3.63) is 0 Å². The van der Waals surface area contributed by atoms with Crippen molar-refractivity contribution in [2.75, 3.05) is 13.2 Å². The summed E-state index contributed by atoms with van der Waals surface area (Å²) in [6, 6.07) is 0. The van der Waals surface area contributed by atoms with E-state index in [0.717, 1.165) is 0 Å². The maximum atomic E-state index is 10.1. The van der Waals surface area contributed by atoms with E-state index in [9.17, 15) is 9.36 Å². The number of carbonyl (C=O) groups is 1. The molecule has 0 rings (SSSR count). The third-order valence-corrected chi connectivity index (χ3v) is 1.17. The Hall–Kier alpha value is -0.420. The molecule has 0 atom stereocenters. The minimum absolute atomic E-state index is 0.152. The van der Waals surface area contributed by atoms with Gasteiger partial charge in [-0.15, -0.1) is 0 Å². The van der Waals surface area contributed by atoms with Crippen LogP contribution in [0.3, 0.4) is 0 Å². The van der Waals surface area contributed by atoms with Crippen molar-refractivity contribution in [3.8, 4) is 0 Å². The van der Waals surface area contributed by atoms with Gasteiger partial charge in [0.25, 0.3) is 0 Å². The maximum absolute atomic E-state index is 10.1. The minimum Gasteiger partial charge on any atom is -0.463 e. The molecule has 66 valence electrons. The summed E-state index contributed by atoms with van der Waals surface area (Å²) in [4.78, 5) is 26.4. The Kier molecular flexibility index (Phi) is 4.29. The van der Waals surface area contributed by atoms with Gasteiger partial charge in [0, 0.05) is 6.92 Å². The molecule has 0 saturated heterocycles. The molecule has 0 unspecified atom stereocenters. The van der Waals surface area contributed by atoms with Gasteiger partial charge in [0.1, 0.15) is 6.61 Å². The van der Waals surface area contributed by atoms with Crippen LogP contribution in [0.2, 0.25) is 0 Å². The monoisotopic (exact) mass is 184 g/mol. The van der Waals surface area contributed by atoms with E-state index in [4.69, 9.17) is 9.79 Å². The number of rotatable bonds is 4. The van der Waals surface area contributed by atoms with Crippen LogP contribution in [0.25, 0.3) is 0 Å². The molecule has 0 spiro atoms. The third kappa shape index (κ3) is 9.58. The second-order valence-electron chi connectivity index (χ2n) is 1.66. The first-order valence-electron chi connectivity index (χ1n) is 2.75. The van der Waals surface area contributed by atoms with Crippen molar-refractivity contribution in [3.63, 3.8) is 0 Å². The van der Waals surface area contributed by atoms with Crippen LogP contribution in [0.15, 0.2) is 0 Å². The van der Waals surface area contributed by atoms with Gasteiger partial charge < -0.3 is 14.5 Å². The number of phosphoric ester groups is 1. The van der Waals surface area contributed by atoms with Crippen LogP contribution in [-0.4, -0.2) is 29.0 Å². The molecule has 0 aliphatic heterocycles. The highest BCUT2D eigenvalue weighted by molar-refractivity contribution is 7.46. The minimum atomic E-state index is -4.42. The van der Waals surface area contributed by atoms with Crippen LogP contribution in [-0.2, 0) is 18.6 Å². The molecule has 0 amide bonds. The van der Waals surface area contributed by atoms with E-state index in [1.54, 1.807) is 0 Å². The lowest BCUT2D eigenvalue weighted by Gasteiger charge is -2.04. The summed E-state index contributed by atoms with van der Waals surface area (Å²) >= 11 is 0. The summed E-state index contributed by atoms with van der Waals surface area (Å²) in [5.41, 5.74) is 0. The molecule has 0 aliphatic rings. The lowest BCUT2D eigenvalue weighted by atomic mass is 10.7. The van der Waals surface area contributed by atoms with Crippen molar-refractivity contribution in [1.29, 1.82) is 0 Å². The Morgan fingerprint density at radius 2 is 2.00 bits per heavy atom. The molecule has 0 aromatic rings. The summed E-state index contributed by atoms with van der Waals surface area (Å²) in [6.07, 6.45) is 0. The number of phosphoric acid groups is 1. The van der Waals surface area contributed by atoms with Crippen molar-refractivity contribution < 1.29 is 28.4 Å².